The van der Waals surface area contributed by atoms with E-state index in [2.05, 4.69) is 5.32 Å². The largest absolute Gasteiger partial charge is 0.480 e. The average molecular weight is 232 g/mol. The molecule has 1 rings (SSSR count). The van der Waals surface area contributed by atoms with Crippen molar-refractivity contribution in [2.45, 2.75) is 19.4 Å². The summed E-state index contributed by atoms with van der Waals surface area (Å²) in [4.78, 5) is 23.4. The number of carbonyl (C=O) groups is 2. The zero-order valence-electron chi connectivity index (χ0n) is 8.73. The zero-order chi connectivity index (χ0) is 11.3. The van der Waals surface area contributed by atoms with E-state index in [4.69, 9.17) is 5.11 Å². The highest BCUT2D eigenvalue weighted by Crippen LogP contribution is 2.17. The van der Waals surface area contributed by atoms with Crippen LogP contribution in [-0.2, 0) is 4.79 Å². The minimum atomic E-state index is -0.979. The number of nitrogens with zero attached hydrogens (tertiary/aromatic N) is 1. The number of hydrogen-bond acceptors (Lipinski definition) is 3. The molecule has 0 spiro atoms. The van der Waals surface area contributed by atoms with Crippen LogP contribution in [-0.4, -0.2) is 52.6 Å². The van der Waals surface area contributed by atoms with Gasteiger partial charge in [-0.3, -0.25) is 4.79 Å². The second-order valence-corrected chi connectivity index (χ2v) is 4.57. The molecule has 1 saturated heterocycles. The van der Waals surface area contributed by atoms with Crippen LogP contribution in [0.25, 0.3) is 0 Å². The Morgan fingerprint density at radius 2 is 2.33 bits per heavy atom. The Morgan fingerprint density at radius 3 is 2.80 bits per heavy atom. The maximum absolute atomic E-state index is 11.6. The van der Waals surface area contributed by atoms with Gasteiger partial charge in [-0.05, 0) is 19.1 Å². The van der Waals surface area contributed by atoms with E-state index in [0.29, 0.717) is 6.54 Å². The summed E-state index contributed by atoms with van der Waals surface area (Å²) in [7, 11) is 0. The molecule has 2 amide bonds. The first kappa shape index (κ1) is 12.2. The number of carbonyl (C=O) groups excluding carboxylic acids is 1. The molecule has 0 aromatic heterocycles. The Balaban J connectivity index is 2.38. The maximum atomic E-state index is 11.6. The first-order chi connectivity index (χ1) is 7.13. The van der Waals surface area contributed by atoms with Crippen molar-refractivity contribution in [3.63, 3.8) is 0 Å². The molecule has 1 unspecified atom stereocenters. The van der Waals surface area contributed by atoms with Crippen LogP contribution < -0.4 is 5.32 Å². The van der Waals surface area contributed by atoms with E-state index < -0.39 is 5.97 Å². The van der Waals surface area contributed by atoms with Gasteiger partial charge in [-0.25, -0.2) is 4.79 Å². The molecule has 5 nitrogen and oxygen atoms in total. The zero-order valence-corrected chi connectivity index (χ0v) is 9.55. The number of carboxylic acid groups (broad SMARTS) is 1. The number of carboxylic acids is 1. The summed E-state index contributed by atoms with van der Waals surface area (Å²) in [6.07, 6.45) is 0.973. The van der Waals surface area contributed by atoms with Crippen LogP contribution in [0.15, 0.2) is 0 Å². The van der Waals surface area contributed by atoms with Crippen molar-refractivity contribution in [1.82, 2.24) is 10.2 Å². The van der Waals surface area contributed by atoms with Crippen molar-refractivity contribution >= 4 is 23.8 Å². The van der Waals surface area contributed by atoms with E-state index in [1.165, 1.54) is 4.90 Å². The van der Waals surface area contributed by atoms with Crippen molar-refractivity contribution in [1.29, 1.82) is 0 Å². The number of urea groups is 1. The normalized spacial score (nSPS) is 19.9. The Bertz CT molecular complexity index is 242. The predicted molar refractivity (Wildman–Crippen MR) is 59.1 cm³/mol. The lowest BCUT2D eigenvalue weighted by atomic mass is 10.3. The molecule has 0 aromatic rings. The molecule has 1 heterocycles. The van der Waals surface area contributed by atoms with Gasteiger partial charge in [-0.2, -0.15) is 11.8 Å². The summed E-state index contributed by atoms with van der Waals surface area (Å²) < 4.78 is 0. The fraction of sp³-hybridized carbons (Fsp3) is 0.778. The highest BCUT2D eigenvalue weighted by atomic mass is 32.2. The summed E-state index contributed by atoms with van der Waals surface area (Å²) in [6, 6.07) is -0.0715. The van der Waals surface area contributed by atoms with Gasteiger partial charge >= 0.3 is 12.0 Å². The van der Waals surface area contributed by atoms with E-state index in [9.17, 15) is 9.59 Å². The van der Waals surface area contributed by atoms with E-state index in [1.807, 2.05) is 11.8 Å². The number of nitrogens with one attached hydrogen (secondary N) is 1. The molecular weight excluding hydrogens is 216 g/mol. The van der Waals surface area contributed by atoms with Crippen molar-refractivity contribution in [2.75, 3.05) is 24.6 Å². The molecule has 86 valence electrons. The second kappa shape index (κ2) is 5.85. The molecule has 6 heteroatoms. The van der Waals surface area contributed by atoms with Gasteiger partial charge in [0.15, 0.2) is 0 Å². The minimum absolute atomic E-state index is 0.199. The lowest BCUT2D eigenvalue weighted by Crippen LogP contribution is -2.46. The standard InChI is InChI=1S/C9H16N2O3S/c1-2-11(5-8(12)13)9(14)10-7-3-4-15-6-7/h7H,2-6H2,1H3,(H,10,14)(H,12,13). The summed E-state index contributed by atoms with van der Waals surface area (Å²) >= 11 is 1.81. The van der Waals surface area contributed by atoms with Crippen molar-refractivity contribution in [3.05, 3.63) is 0 Å². The number of amides is 2. The lowest BCUT2D eigenvalue weighted by molar-refractivity contribution is -0.137. The number of aliphatic carboxylic acids is 1. The lowest BCUT2D eigenvalue weighted by Gasteiger charge is -2.21. The average Bonchev–Trinajstić information content (AvgIpc) is 2.66. The quantitative estimate of drug-likeness (QED) is 0.745. The number of rotatable bonds is 4. The molecule has 15 heavy (non-hydrogen) atoms. The smallest absolute Gasteiger partial charge is 0.323 e. The van der Waals surface area contributed by atoms with Crippen LogP contribution in [0.5, 0.6) is 0 Å². The molecule has 0 bridgehead atoms. The number of likely N-dealkylation sites (N-methyl/N-ethyl adjacent to an activating group) is 1. The van der Waals surface area contributed by atoms with Gasteiger partial charge in [-0.15, -0.1) is 0 Å². The van der Waals surface area contributed by atoms with Gasteiger partial charge in [0, 0.05) is 18.3 Å². The highest BCUT2D eigenvalue weighted by Gasteiger charge is 2.21. The van der Waals surface area contributed by atoms with Gasteiger partial charge in [0.2, 0.25) is 0 Å². The monoisotopic (exact) mass is 232 g/mol. The molecule has 0 radical (unpaired) electrons. The third-order valence-electron chi connectivity index (χ3n) is 2.25. The van der Waals surface area contributed by atoms with Gasteiger partial charge in [0.1, 0.15) is 6.54 Å². The van der Waals surface area contributed by atoms with Gasteiger partial charge in [0.25, 0.3) is 0 Å². The first-order valence-corrected chi connectivity index (χ1v) is 6.14. The molecule has 1 aliphatic rings. The highest BCUT2D eigenvalue weighted by molar-refractivity contribution is 7.99. The summed E-state index contributed by atoms with van der Waals surface area (Å²) in [5, 5.41) is 11.4. The number of hydrogen-bond donors (Lipinski definition) is 2. The van der Waals surface area contributed by atoms with Crippen LogP contribution in [0, 0.1) is 0 Å². The fourth-order valence-electron chi connectivity index (χ4n) is 1.40. The van der Waals surface area contributed by atoms with E-state index in [1.54, 1.807) is 6.92 Å². The molecule has 1 atom stereocenters. The summed E-state index contributed by atoms with van der Waals surface area (Å²) in [5.41, 5.74) is 0. The minimum Gasteiger partial charge on any atom is -0.480 e. The topological polar surface area (TPSA) is 69.6 Å². The third-order valence-corrected chi connectivity index (χ3v) is 3.41. The SMILES string of the molecule is CCN(CC(=O)O)C(=O)NC1CCSC1. The molecule has 0 aliphatic carbocycles. The molecular formula is C9H16N2O3S. The van der Waals surface area contributed by atoms with Gasteiger partial charge < -0.3 is 15.3 Å². The van der Waals surface area contributed by atoms with Crippen LogP contribution in [0.1, 0.15) is 13.3 Å². The van der Waals surface area contributed by atoms with Crippen LogP contribution in [0.3, 0.4) is 0 Å². The van der Waals surface area contributed by atoms with Crippen molar-refractivity contribution in [2.24, 2.45) is 0 Å². The first-order valence-electron chi connectivity index (χ1n) is 4.98. The Kier molecular flexibility index (Phi) is 4.74. The molecule has 2 N–H and O–H groups in total. The second-order valence-electron chi connectivity index (χ2n) is 3.42. The summed E-state index contributed by atoms with van der Waals surface area (Å²) in [5.74, 6) is 1.01. The molecule has 0 saturated carbocycles. The number of thioether (sulfide) groups is 1. The van der Waals surface area contributed by atoms with E-state index in [-0.39, 0.29) is 18.6 Å². The molecule has 0 aromatic carbocycles. The Morgan fingerprint density at radius 1 is 1.60 bits per heavy atom. The van der Waals surface area contributed by atoms with Crippen LogP contribution >= 0.6 is 11.8 Å². The van der Waals surface area contributed by atoms with Gasteiger partial charge in [-0.1, -0.05) is 0 Å². The van der Waals surface area contributed by atoms with Crippen LogP contribution in [0.2, 0.25) is 0 Å². The van der Waals surface area contributed by atoms with E-state index in [0.717, 1.165) is 17.9 Å². The van der Waals surface area contributed by atoms with Crippen molar-refractivity contribution < 1.29 is 14.7 Å². The summed E-state index contributed by atoms with van der Waals surface area (Å²) in [6.45, 7) is 1.95. The molecule has 1 fully saturated rings. The Labute approximate surface area is 93.2 Å². The van der Waals surface area contributed by atoms with E-state index >= 15 is 0 Å². The van der Waals surface area contributed by atoms with Crippen molar-refractivity contribution in [3.8, 4) is 0 Å². The Hall–Kier alpha value is -0.910. The van der Waals surface area contributed by atoms with Crippen LogP contribution in [0.4, 0.5) is 4.79 Å². The maximum Gasteiger partial charge on any atom is 0.323 e. The fourth-order valence-corrected chi connectivity index (χ4v) is 2.56. The van der Waals surface area contributed by atoms with Gasteiger partial charge in [0.05, 0.1) is 0 Å². The predicted octanol–water partition coefficient (Wildman–Crippen LogP) is 0.608. The third kappa shape index (κ3) is 3.99. The molecule has 1 aliphatic heterocycles.